The summed E-state index contributed by atoms with van der Waals surface area (Å²) in [6.45, 7) is 0.566. The van der Waals surface area contributed by atoms with Gasteiger partial charge in [-0.1, -0.05) is 12.1 Å². The van der Waals surface area contributed by atoms with E-state index >= 15 is 0 Å². The fraction of sp³-hybridized carbons (Fsp3) is 0.350. The van der Waals surface area contributed by atoms with E-state index in [1.807, 2.05) is 24.3 Å². The SMILES string of the molecule is COc1cc(OC)c2c(c1)N(C(=O)COc1ccccc1OC)CCC2. The van der Waals surface area contributed by atoms with Gasteiger partial charge in [0.25, 0.3) is 5.91 Å². The molecule has 0 aromatic heterocycles. The standard InChI is InChI=1S/C20H23NO5/c1-23-14-11-16-15(19(12-14)25-3)7-6-10-21(16)20(22)13-26-18-9-5-4-8-17(18)24-2/h4-5,8-9,11-12H,6-7,10,13H2,1-3H3. The van der Waals surface area contributed by atoms with Crippen molar-refractivity contribution in [2.24, 2.45) is 0 Å². The van der Waals surface area contributed by atoms with Gasteiger partial charge in [0.2, 0.25) is 0 Å². The molecule has 6 heteroatoms. The topological polar surface area (TPSA) is 57.2 Å². The van der Waals surface area contributed by atoms with E-state index in [2.05, 4.69) is 0 Å². The Balaban J connectivity index is 1.81. The van der Waals surface area contributed by atoms with Crippen molar-refractivity contribution in [3.8, 4) is 23.0 Å². The molecule has 138 valence electrons. The molecule has 2 aromatic rings. The number of ether oxygens (including phenoxy) is 4. The fourth-order valence-corrected chi connectivity index (χ4v) is 3.15. The second-order valence-corrected chi connectivity index (χ2v) is 5.92. The van der Waals surface area contributed by atoms with Gasteiger partial charge in [0.15, 0.2) is 18.1 Å². The Bertz CT molecular complexity index is 790. The lowest BCUT2D eigenvalue weighted by Gasteiger charge is -2.31. The van der Waals surface area contributed by atoms with E-state index in [4.69, 9.17) is 18.9 Å². The van der Waals surface area contributed by atoms with Gasteiger partial charge in [0.05, 0.1) is 27.0 Å². The smallest absolute Gasteiger partial charge is 0.264 e. The van der Waals surface area contributed by atoms with Crippen molar-refractivity contribution in [3.63, 3.8) is 0 Å². The third-order valence-electron chi connectivity index (χ3n) is 4.44. The maximum atomic E-state index is 12.8. The second-order valence-electron chi connectivity index (χ2n) is 5.92. The first-order valence-electron chi connectivity index (χ1n) is 8.49. The monoisotopic (exact) mass is 357 g/mol. The third kappa shape index (κ3) is 3.54. The van der Waals surface area contributed by atoms with Crippen LogP contribution in [0.15, 0.2) is 36.4 Å². The Morgan fingerprint density at radius 3 is 2.42 bits per heavy atom. The summed E-state index contributed by atoms with van der Waals surface area (Å²) in [4.78, 5) is 14.5. The molecule has 26 heavy (non-hydrogen) atoms. The Kier molecular flexibility index (Phi) is 5.51. The zero-order valence-electron chi connectivity index (χ0n) is 15.3. The highest BCUT2D eigenvalue weighted by molar-refractivity contribution is 5.96. The Labute approximate surface area is 153 Å². The van der Waals surface area contributed by atoms with Gasteiger partial charge in [0, 0.05) is 24.2 Å². The summed E-state index contributed by atoms with van der Waals surface area (Å²) in [6, 6.07) is 11.0. The number of anilines is 1. The number of carbonyl (C=O) groups is 1. The zero-order chi connectivity index (χ0) is 18.5. The number of rotatable bonds is 6. The molecule has 0 bridgehead atoms. The summed E-state index contributed by atoms with van der Waals surface area (Å²) in [7, 11) is 4.80. The lowest BCUT2D eigenvalue weighted by molar-refractivity contribution is -0.120. The van der Waals surface area contributed by atoms with Gasteiger partial charge < -0.3 is 23.8 Å². The molecule has 0 unspecified atom stereocenters. The van der Waals surface area contributed by atoms with Crippen LogP contribution in [0.4, 0.5) is 5.69 Å². The molecule has 0 N–H and O–H groups in total. The summed E-state index contributed by atoms with van der Waals surface area (Å²) < 4.78 is 21.8. The minimum Gasteiger partial charge on any atom is -0.497 e. The molecule has 1 aliphatic heterocycles. The Morgan fingerprint density at radius 2 is 1.73 bits per heavy atom. The van der Waals surface area contributed by atoms with Crippen LogP contribution < -0.4 is 23.8 Å². The van der Waals surface area contributed by atoms with E-state index < -0.39 is 0 Å². The van der Waals surface area contributed by atoms with Crippen LogP contribution in [0.1, 0.15) is 12.0 Å². The van der Waals surface area contributed by atoms with Crippen LogP contribution in [0.5, 0.6) is 23.0 Å². The van der Waals surface area contributed by atoms with E-state index in [0.717, 1.165) is 29.8 Å². The predicted octanol–water partition coefficient (Wildman–Crippen LogP) is 3.07. The molecule has 1 aliphatic rings. The van der Waals surface area contributed by atoms with Crippen LogP contribution in [0.2, 0.25) is 0 Å². The average molecular weight is 357 g/mol. The van der Waals surface area contributed by atoms with Gasteiger partial charge in [-0.25, -0.2) is 0 Å². The van der Waals surface area contributed by atoms with E-state index in [-0.39, 0.29) is 12.5 Å². The van der Waals surface area contributed by atoms with Crippen molar-refractivity contribution in [1.29, 1.82) is 0 Å². The van der Waals surface area contributed by atoms with Gasteiger partial charge in [-0.15, -0.1) is 0 Å². The minimum atomic E-state index is -0.118. The molecular weight excluding hydrogens is 334 g/mol. The molecule has 0 spiro atoms. The lowest BCUT2D eigenvalue weighted by Crippen LogP contribution is -2.38. The van der Waals surface area contributed by atoms with Crippen LogP contribution in [0.25, 0.3) is 0 Å². The first-order valence-corrected chi connectivity index (χ1v) is 8.49. The Hall–Kier alpha value is -2.89. The maximum absolute atomic E-state index is 12.8. The van der Waals surface area contributed by atoms with Crippen molar-refractivity contribution >= 4 is 11.6 Å². The van der Waals surface area contributed by atoms with E-state index in [1.54, 1.807) is 38.4 Å². The highest BCUT2D eigenvalue weighted by atomic mass is 16.5. The highest BCUT2D eigenvalue weighted by Gasteiger charge is 2.26. The van der Waals surface area contributed by atoms with Crippen molar-refractivity contribution < 1.29 is 23.7 Å². The van der Waals surface area contributed by atoms with E-state index in [1.165, 1.54) is 0 Å². The number of fused-ring (bicyclic) bond motifs is 1. The van der Waals surface area contributed by atoms with Crippen LogP contribution in [-0.4, -0.2) is 40.4 Å². The van der Waals surface area contributed by atoms with Crippen molar-refractivity contribution in [2.75, 3.05) is 39.4 Å². The quantitative estimate of drug-likeness (QED) is 0.795. The maximum Gasteiger partial charge on any atom is 0.264 e. The first kappa shape index (κ1) is 17.9. The molecule has 0 aliphatic carbocycles. The zero-order valence-corrected chi connectivity index (χ0v) is 15.3. The number of hydrogen-bond donors (Lipinski definition) is 0. The summed E-state index contributed by atoms with van der Waals surface area (Å²) in [5.41, 5.74) is 1.84. The normalized spacial score (nSPS) is 13.0. The molecule has 1 amide bonds. The van der Waals surface area contributed by atoms with Crippen LogP contribution in [0, 0.1) is 0 Å². The summed E-state index contributed by atoms with van der Waals surface area (Å²) in [6.07, 6.45) is 1.73. The molecule has 6 nitrogen and oxygen atoms in total. The number of para-hydroxylation sites is 2. The highest BCUT2D eigenvalue weighted by Crippen LogP contribution is 2.38. The summed E-state index contributed by atoms with van der Waals surface area (Å²) in [5, 5.41) is 0. The number of benzene rings is 2. The Morgan fingerprint density at radius 1 is 1.00 bits per heavy atom. The largest absolute Gasteiger partial charge is 0.497 e. The molecule has 0 radical (unpaired) electrons. The van der Waals surface area contributed by atoms with E-state index in [9.17, 15) is 4.79 Å². The van der Waals surface area contributed by atoms with Crippen LogP contribution in [0.3, 0.4) is 0 Å². The fourth-order valence-electron chi connectivity index (χ4n) is 3.15. The van der Waals surface area contributed by atoms with Crippen LogP contribution in [-0.2, 0) is 11.2 Å². The second kappa shape index (κ2) is 7.99. The third-order valence-corrected chi connectivity index (χ3v) is 4.44. The summed E-state index contributed by atoms with van der Waals surface area (Å²) >= 11 is 0. The van der Waals surface area contributed by atoms with Gasteiger partial charge in [0.1, 0.15) is 11.5 Å². The molecule has 0 atom stereocenters. The molecule has 0 saturated heterocycles. The number of methoxy groups -OCH3 is 3. The average Bonchev–Trinajstić information content (AvgIpc) is 2.70. The summed E-state index contributed by atoms with van der Waals surface area (Å²) in [5.74, 6) is 2.42. The van der Waals surface area contributed by atoms with Crippen molar-refractivity contribution in [2.45, 2.75) is 12.8 Å². The number of amides is 1. The van der Waals surface area contributed by atoms with Gasteiger partial charge >= 0.3 is 0 Å². The number of carbonyl (C=O) groups excluding carboxylic acids is 1. The molecule has 1 heterocycles. The predicted molar refractivity (Wildman–Crippen MR) is 98.7 cm³/mol. The van der Waals surface area contributed by atoms with E-state index in [0.29, 0.717) is 23.8 Å². The molecular formula is C20H23NO5. The van der Waals surface area contributed by atoms with Gasteiger partial charge in [-0.3, -0.25) is 4.79 Å². The van der Waals surface area contributed by atoms with Crippen molar-refractivity contribution in [3.05, 3.63) is 42.0 Å². The molecule has 0 saturated carbocycles. The van der Waals surface area contributed by atoms with Gasteiger partial charge in [-0.05, 0) is 25.0 Å². The minimum absolute atomic E-state index is 0.0701. The molecule has 2 aromatic carbocycles. The molecule has 3 rings (SSSR count). The first-order chi connectivity index (χ1) is 12.7. The number of hydrogen-bond acceptors (Lipinski definition) is 5. The van der Waals surface area contributed by atoms with Crippen LogP contribution >= 0.6 is 0 Å². The lowest BCUT2D eigenvalue weighted by atomic mass is 10.00. The van der Waals surface area contributed by atoms with Gasteiger partial charge in [-0.2, -0.15) is 0 Å². The van der Waals surface area contributed by atoms with Crippen molar-refractivity contribution in [1.82, 2.24) is 0 Å². The molecule has 0 fully saturated rings. The number of nitrogens with zero attached hydrogens (tertiary/aromatic N) is 1.